The van der Waals surface area contributed by atoms with E-state index in [-0.39, 0.29) is 8.85 Å². The summed E-state index contributed by atoms with van der Waals surface area (Å²) < 4.78 is 15.6. The van der Waals surface area contributed by atoms with Crippen LogP contribution in [0.25, 0.3) is 0 Å². The SMILES string of the molecule is C.C=C=C(CCCCCCCN(CCn1ccc(CC)c1C)CC(CCCCCC(=C=C)OCC(CCCCCCCC)CCCCCCCCCC)C1CC1)OCC(CCCCCCCC)CCCCCCCCCC.[HH]. The van der Waals surface area contributed by atoms with E-state index in [2.05, 4.69) is 87.9 Å². The Hall–Kier alpha value is -2.12. The number of aryl methyl sites for hydroxylation is 1. The van der Waals surface area contributed by atoms with Crippen molar-refractivity contribution in [1.82, 2.24) is 9.47 Å². The van der Waals surface area contributed by atoms with E-state index in [9.17, 15) is 0 Å². The summed E-state index contributed by atoms with van der Waals surface area (Å²) in [6, 6.07) is 2.35. The van der Waals surface area contributed by atoms with Crippen molar-refractivity contribution < 1.29 is 10.9 Å². The third-order valence-electron chi connectivity index (χ3n) is 17.8. The predicted octanol–water partition coefficient (Wildman–Crippen LogP) is 24.0. The van der Waals surface area contributed by atoms with Crippen molar-refractivity contribution in [3.8, 4) is 0 Å². The first-order chi connectivity index (χ1) is 37.4. The third kappa shape index (κ3) is 40.7. The lowest BCUT2D eigenvalue weighted by atomic mass is 9.94. The average Bonchev–Trinajstić information content (AvgIpc) is 4.23. The second kappa shape index (κ2) is 53.2. The number of ether oxygens (including phenoxy) is 2. The Balaban J connectivity index is 0.0000296. The van der Waals surface area contributed by atoms with Gasteiger partial charge in [-0.05, 0) is 119 Å². The minimum atomic E-state index is 0. The lowest BCUT2D eigenvalue weighted by Gasteiger charge is -2.28. The van der Waals surface area contributed by atoms with Gasteiger partial charge in [0.15, 0.2) is 0 Å². The van der Waals surface area contributed by atoms with E-state index in [4.69, 9.17) is 9.47 Å². The van der Waals surface area contributed by atoms with Crippen molar-refractivity contribution in [2.45, 2.75) is 351 Å². The number of unbranched alkanes of at least 4 members (excludes halogenated alkanes) is 30. The van der Waals surface area contributed by atoms with E-state index < -0.39 is 0 Å². The average molecular weight is 1080 g/mol. The van der Waals surface area contributed by atoms with E-state index >= 15 is 0 Å². The number of allylic oxidation sites excluding steroid dienone is 2. The van der Waals surface area contributed by atoms with Gasteiger partial charge in [0.25, 0.3) is 0 Å². The maximum Gasteiger partial charge on any atom is 0.137 e. The Bertz CT molecular complexity index is 1530. The Morgan fingerprint density at radius 2 is 0.883 bits per heavy atom. The number of rotatable bonds is 59. The van der Waals surface area contributed by atoms with Gasteiger partial charge in [-0.1, -0.05) is 279 Å². The van der Waals surface area contributed by atoms with Crippen LogP contribution in [0.1, 0.15) is 344 Å². The van der Waals surface area contributed by atoms with Crippen LogP contribution in [0.4, 0.5) is 0 Å². The van der Waals surface area contributed by atoms with Crippen molar-refractivity contribution in [3.05, 3.63) is 59.7 Å². The molecule has 0 bridgehead atoms. The first-order valence-electron chi connectivity index (χ1n) is 34.3. The summed E-state index contributed by atoms with van der Waals surface area (Å²) in [5.74, 6) is 5.16. The van der Waals surface area contributed by atoms with Crippen LogP contribution in [0.2, 0.25) is 0 Å². The van der Waals surface area contributed by atoms with Gasteiger partial charge in [-0.15, -0.1) is 0 Å². The zero-order chi connectivity index (χ0) is 54.8. The molecule has 77 heavy (non-hydrogen) atoms. The quantitative estimate of drug-likeness (QED) is 0.0369. The monoisotopic (exact) mass is 1080 g/mol. The molecule has 2 rings (SSSR count). The number of hydrogen-bond donors (Lipinski definition) is 0. The predicted molar refractivity (Wildman–Crippen MR) is 345 cm³/mol. The summed E-state index contributed by atoms with van der Waals surface area (Å²) in [5, 5.41) is 0. The Kier molecular flexibility index (Phi) is 50.4. The molecule has 3 atom stereocenters. The van der Waals surface area contributed by atoms with Crippen LogP contribution in [0.15, 0.2) is 48.4 Å². The molecule has 4 nitrogen and oxygen atoms in total. The number of aromatic nitrogens is 1. The third-order valence-corrected chi connectivity index (χ3v) is 17.8. The molecule has 0 aromatic carbocycles. The first-order valence-corrected chi connectivity index (χ1v) is 34.3. The highest BCUT2D eigenvalue weighted by molar-refractivity contribution is 5.20. The molecule has 1 aliphatic carbocycles. The van der Waals surface area contributed by atoms with Gasteiger partial charge < -0.3 is 18.9 Å². The van der Waals surface area contributed by atoms with Gasteiger partial charge in [0, 0.05) is 45.8 Å². The van der Waals surface area contributed by atoms with E-state index in [1.807, 2.05) is 0 Å². The maximum atomic E-state index is 6.55. The highest BCUT2D eigenvalue weighted by atomic mass is 16.5. The molecule has 0 aliphatic heterocycles. The first kappa shape index (κ1) is 72.9. The maximum absolute atomic E-state index is 6.55. The topological polar surface area (TPSA) is 26.6 Å². The zero-order valence-electron chi connectivity index (χ0n) is 52.4. The van der Waals surface area contributed by atoms with Crippen molar-refractivity contribution in [3.63, 3.8) is 0 Å². The molecule has 452 valence electrons. The van der Waals surface area contributed by atoms with Gasteiger partial charge in [0.05, 0.1) is 13.2 Å². The van der Waals surface area contributed by atoms with Crippen molar-refractivity contribution in [1.29, 1.82) is 0 Å². The van der Waals surface area contributed by atoms with Crippen molar-refractivity contribution >= 4 is 0 Å². The van der Waals surface area contributed by atoms with Gasteiger partial charge in [-0.25, -0.2) is 0 Å². The minimum absolute atomic E-state index is 0. The van der Waals surface area contributed by atoms with Crippen molar-refractivity contribution in [2.24, 2.45) is 23.7 Å². The van der Waals surface area contributed by atoms with Gasteiger partial charge in [0.1, 0.15) is 11.5 Å². The largest absolute Gasteiger partial charge is 0.490 e. The molecule has 0 N–H and O–H groups in total. The molecule has 1 aromatic rings. The summed E-state index contributed by atoms with van der Waals surface area (Å²) in [4.78, 5) is 2.87. The Morgan fingerprint density at radius 3 is 1.26 bits per heavy atom. The van der Waals surface area contributed by atoms with Crippen LogP contribution in [0, 0.1) is 30.6 Å². The van der Waals surface area contributed by atoms with Crippen LogP contribution < -0.4 is 0 Å². The standard InChI is InChI=1S/C72H132N2O2.CH4.H2/c1-9-16-20-24-28-30-35-42-50-66(48-40-33-26-22-18-11-3)63-75-71(14-6)53-45-37-32-38-47-58-73(60-61-74-59-57-68(13-5)65(74)8)62-70(69-55-56-69)52-44-39-46-54-72(15-7)76-64-67(49-41-34-27-23-19-12-4)51-43-36-31-29-25-21-17-10-2;;/h57,59,66-67,69-70H,6-7,9-13,16-56,58,60-64H2,1-5,8H3;1H4;1H. The van der Waals surface area contributed by atoms with Crippen LogP contribution in [-0.4, -0.2) is 42.3 Å². The molecule has 1 heterocycles. The van der Waals surface area contributed by atoms with E-state index in [1.165, 1.54) is 300 Å². The molecule has 0 spiro atoms. The van der Waals surface area contributed by atoms with Gasteiger partial charge in [0.2, 0.25) is 0 Å². The Labute approximate surface area is 485 Å². The summed E-state index contributed by atoms with van der Waals surface area (Å²) in [5.41, 5.74) is 9.42. The summed E-state index contributed by atoms with van der Waals surface area (Å²) in [6.07, 6.45) is 64.0. The molecular formula is C73H138N2O2. The molecule has 4 heteroatoms. The number of nitrogens with zero attached hydrogens (tertiary/aromatic N) is 2. The summed E-state index contributed by atoms with van der Waals surface area (Å²) >= 11 is 0. The summed E-state index contributed by atoms with van der Waals surface area (Å²) in [7, 11) is 0. The second-order valence-electron chi connectivity index (χ2n) is 24.7. The van der Waals surface area contributed by atoms with E-state index in [0.717, 1.165) is 68.9 Å². The van der Waals surface area contributed by atoms with Crippen LogP contribution in [0.3, 0.4) is 0 Å². The fourth-order valence-corrected chi connectivity index (χ4v) is 12.2. The van der Waals surface area contributed by atoms with Crippen LogP contribution >= 0.6 is 0 Å². The minimum Gasteiger partial charge on any atom is -0.490 e. The lowest BCUT2D eigenvalue weighted by Crippen LogP contribution is -2.34. The highest BCUT2D eigenvalue weighted by Crippen LogP contribution is 2.40. The highest BCUT2D eigenvalue weighted by Gasteiger charge is 2.32. The lowest BCUT2D eigenvalue weighted by molar-refractivity contribution is 0.143. The molecular weight excluding hydrogens is 937 g/mol. The van der Waals surface area contributed by atoms with Gasteiger partial charge >= 0.3 is 0 Å². The molecule has 0 saturated heterocycles. The second-order valence-corrected chi connectivity index (χ2v) is 24.7. The molecule has 1 aromatic heterocycles. The molecule has 1 fully saturated rings. The Morgan fingerprint density at radius 1 is 0.519 bits per heavy atom. The van der Waals surface area contributed by atoms with Crippen LogP contribution in [-0.2, 0) is 22.4 Å². The molecule has 0 amide bonds. The zero-order valence-corrected chi connectivity index (χ0v) is 52.4. The molecule has 1 aliphatic rings. The van der Waals surface area contributed by atoms with E-state index in [0.29, 0.717) is 11.8 Å². The number of hydrogen-bond acceptors (Lipinski definition) is 3. The smallest absolute Gasteiger partial charge is 0.137 e. The van der Waals surface area contributed by atoms with Crippen LogP contribution in [0.5, 0.6) is 0 Å². The van der Waals surface area contributed by atoms with Gasteiger partial charge in [-0.3, -0.25) is 0 Å². The van der Waals surface area contributed by atoms with Crippen molar-refractivity contribution in [2.75, 3.05) is 32.8 Å². The van der Waals surface area contributed by atoms with Gasteiger partial charge in [-0.2, -0.15) is 0 Å². The molecule has 0 radical (unpaired) electrons. The normalized spacial score (nSPS) is 13.5. The molecule has 3 unspecified atom stereocenters. The summed E-state index contributed by atoms with van der Waals surface area (Å²) in [6.45, 7) is 28.6. The fraction of sp³-hybridized carbons (Fsp3) is 0.863. The molecule has 1 saturated carbocycles. The fourth-order valence-electron chi connectivity index (χ4n) is 12.2. The van der Waals surface area contributed by atoms with E-state index in [1.54, 1.807) is 0 Å².